The molecule has 0 aliphatic heterocycles. The van der Waals surface area contributed by atoms with Crippen LogP contribution in [0.4, 0.5) is 0 Å². The Hall–Kier alpha value is -1.71. The second-order valence-corrected chi connectivity index (χ2v) is 4.11. The van der Waals surface area contributed by atoms with Crippen molar-refractivity contribution in [2.45, 2.75) is 20.3 Å². The van der Waals surface area contributed by atoms with Gasteiger partial charge in [0.2, 0.25) is 0 Å². The Balaban J connectivity index is 2.66. The number of rotatable bonds is 4. The number of amides is 1. The molecule has 0 aliphatic carbocycles. The lowest BCUT2D eigenvalue weighted by Gasteiger charge is -2.09. The van der Waals surface area contributed by atoms with E-state index in [2.05, 4.69) is 19.2 Å². The highest BCUT2D eigenvalue weighted by Crippen LogP contribution is 2.25. The van der Waals surface area contributed by atoms with E-state index in [1.807, 2.05) is 0 Å². The molecule has 1 amide bonds. The molecule has 3 N–H and O–H groups in total. The number of benzene rings is 1. The number of aromatic hydroxyl groups is 2. The molecule has 0 heterocycles. The van der Waals surface area contributed by atoms with Crippen LogP contribution in [0.5, 0.6) is 11.5 Å². The van der Waals surface area contributed by atoms with Crippen molar-refractivity contribution < 1.29 is 15.0 Å². The number of hydrogen-bond acceptors (Lipinski definition) is 3. The second-order valence-electron chi connectivity index (χ2n) is 4.11. The summed E-state index contributed by atoms with van der Waals surface area (Å²) in [5.41, 5.74) is -0.0637. The Bertz CT molecular complexity index is 354. The van der Waals surface area contributed by atoms with Crippen LogP contribution in [0, 0.1) is 5.92 Å². The van der Waals surface area contributed by atoms with Gasteiger partial charge in [-0.15, -0.1) is 0 Å². The van der Waals surface area contributed by atoms with E-state index in [1.54, 1.807) is 0 Å². The lowest BCUT2D eigenvalue weighted by molar-refractivity contribution is 0.0946. The zero-order chi connectivity index (χ0) is 12.1. The first-order valence-corrected chi connectivity index (χ1v) is 5.31. The molecule has 0 spiro atoms. The monoisotopic (exact) mass is 223 g/mol. The topological polar surface area (TPSA) is 69.6 Å². The van der Waals surface area contributed by atoms with E-state index in [-0.39, 0.29) is 17.1 Å². The molecule has 0 fully saturated rings. The van der Waals surface area contributed by atoms with Crippen LogP contribution in [0.25, 0.3) is 0 Å². The Kier molecular flexibility index (Phi) is 4.17. The van der Waals surface area contributed by atoms with Crippen molar-refractivity contribution in [2.24, 2.45) is 5.92 Å². The van der Waals surface area contributed by atoms with Gasteiger partial charge in [-0.1, -0.05) is 19.9 Å². The molecule has 0 saturated heterocycles. The summed E-state index contributed by atoms with van der Waals surface area (Å²) in [6.07, 6.45) is 0.861. The minimum Gasteiger partial charge on any atom is -0.507 e. The molecule has 0 unspecified atom stereocenters. The first-order chi connectivity index (χ1) is 7.52. The van der Waals surface area contributed by atoms with Crippen LogP contribution >= 0.6 is 0 Å². The largest absolute Gasteiger partial charge is 0.507 e. The van der Waals surface area contributed by atoms with Gasteiger partial charge in [0.25, 0.3) is 5.91 Å². The molecule has 0 radical (unpaired) electrons. The van der Waals surface area contributed by atoms with Crippen LogP contribution in [-0.4, -0.2) is 22.7 Å². The number of hydrogen-bond donors (Lipinski definition) is 3. The van der Waals surface area contributed by atoms with E-state index < -0.39 is 5.91 Å². The van der Waals surface area contributed by atoms with E-state index >= 15 is 0 Å². The van der Waals surface area contributed by atoms with Crippen molar-refractivity contribution >= 4 is 5.91 Å². The van der Waals surface area contributed by atoms with Gasteiger partial charge in [-0.25, -0.2) is 0 Å². The zero-order valence-corrected chi connectivity index (χ0v) is 9.53. The number of phenols is 2. The molecule has 0 aliphatic rings. The van der Waals surface area contributed by atoms with Crippen LogP contribution in [0.1, 0.15) is 30.6 Å². The lowest BCUT2D eigenvalue weighted by Crippen LogP contribution is -2.25. The smallest absolute Gasteiger partial charge is 0.258 e. The predicted molar refractivity (Wildman–Crippen MR) is 61.6 cm³/mol. The molecule has 0 atom stereocenters. The summed E-state index contributed by atoms with van der Waals surface area (Å²) in [5.74, 6) is -0.362. The molecule has 4 heteroatoms. The zero-order valence-electron chi connectivity index (χ0n) is 9.53. The Morgan fingerprint density at radius 1 is 1.31 bits per heavy atom. The standard InChI is InChI=1S/C12H17NO3/c1-8(2)6-7-13-12(16)11-9(14)4-3-5-10(11)15/h3-5,8,14-15H,6-7H2,1-2H3,(H,13,16). The average Bonchev–Trinajstić information content (AvgIpc) is 2.16. The Morgan fingerprint density at radius 2 is 1.88 bits per heavy atom. The molecule has 4 nitrogen and oxygen atoms in total. The maximum Gasteiger partial charge on any atom is 0.258 e. The summed E-state index contributed by atoms with van der Waals surface area (Å²) in [6.45, 7) is 4.65. The van der Waals surface area contributed by atoms with Gasteiger partial charge in [-0.2, -0.15) is 0 Å². The van der Waals surface area contributed by atoms with Crippen molar-refractivity contribution in [2.75, 3.05) is 6.54 Å². The summed E-state index contributed by atoms with van der Waals surface area (Å²) in [7, 11) is 0. The lowest BCUT2D eigenvalue weighted by atomic mass is 10.1. The predicted octanol–water partition coefficient (Wildman–Crippen LogP) is 1.87. The normalized spacial score (nSPS) is 10.4. The highest BCUT2D eigenvalue weighted by atomic mass is 16.3. The molecule has 1 rings (SSSR count). The van der Waals surface area contributed by atoms with E-state index in [0.29, 0.717) is 12.5 Å². The van der Waals surface area contributed by atoms with Crippen LogP contribution in [-0.2, 0) is 0 Å². The third-order valence-electron chi connectivity index (χ3n) is 2.25. The summed E-state index contributed by atoms with van der Waals surface area (Å²) in [5, 5.41) is 21.6. The molecule has 0 aromatic heterocycles. The molecule has 88 valence electrons. The summed E-state index contributed by atoms with van der Waals surface area (Å²) >= 11 is 0. The molecular weight excluding hydrogens is 206 g/mol. The quantitative estimate of drug-likeness (QED) is 0.729. The third-order valence-corrected chi connectivity index (χ3v) is 2.25. The number of phenolic OH excluding ortho intramolecular Hbond substituents is 2. The Morgan fingerprint density at radius 3 is 2.38 bits per heavy atom. The van der Waals surface area contributed by atoms with Crippen LogP contribution in [0.15, 0.2) is 18.2 Å². The first-order valence-electron chi connectivity index (χ1n) is 5.31. The van der Waals surface area contributed by atoms with Crippen molar-refractivity contribution in [1.29, 1.82) is 0 Å². The van der Waals surface area contributed by atoms with E-state index in [9.17, 15) is 15.0 Å². The fourth-order valence-corrected chi connectivity index (χ4v) is 1.32. The molecule has 0 saturated carbocycles. The molecular formula is C12H17NO3. The van der Waals surface area contributed by atoms with Gasteiger partial charge in [0, 0.05) is 6.54 Å². The highest BCUT2D eigenvalue weighted by Gasteiger charge is 2.15. The van der Waals surface area contributed by atoms with Crippen molar-refractivity contribution in [1.82, 2.24) is 5.32 Å². The van der Waals surface area contributed by atoms with Crippen molar-refractivity contribution in [3.05, 3.63) is 23.8 Å². The van der Waals surface area contributed by atoms with E-state index in [4.69, 9.17) is 0 Å². The van der Waals surface area contributed by atoms with Gasteiger partial charge in [-0.3, -0.25) is 4.79 Å². The van der Waals surface area contributed by atoms with Gasteiger partial charge in [0.15, 0.2) is 0 Å². The molecule has 0 bridgehead atoms. The van der Waals surface area contributed by atoms with Gasteiger partial charge in [0.05, 0.1) is 0 Å². The summed E-state index contributed by atoms with van der Waals surface area (Å²) in [6, 6.07) is 4.23. The number of carbonyl (C=O) groups excluding carboxylic acids is 1. The van der Waals surface area contributed by atoms with Crippen LogP contribution in [0.2, 0.25) is 0 Å². The SMILES string of the molecule is CC(C)CCNC(=O)c1c(O)cccc1O. The van der Waals surface area contributed by atoms with Crippen molar-refractivity contribution in [3.63, 3.8) is 0 Å². The van der Waals surface area contributed by atoms with E-state index in [1.165, 1.54) is 18.2 Å². The fraction of sp³-hybridized carbons (Fsp3) is 0.417. The fourth-order valence-electron chi connectivity index (χ4n) is 1.32. The van der Waals surface area contributed by atoms with Crippen LogP contribution in [0.3, 0.4) is 0 Å². The molecule has 1 aromatic carbocycles. The van der Waals surface area contributed by atoms with Gasteiger partial charge < -0.3 is 15.5 Å². The number of nitrogens with one attached hydrogen (secondary N) is 1. The third kappa shape index (κ3) is 3.15. The average molecular weight is 223 g/mol. The van der Waals surface area contributed by atoms with E-state index in [0.717, 1.165) is 6.42 Å². The maximum absolute atomic E-state index is 11.6. The second kappa shape index (κ2) is 5.39. The summed E-state index contributed by atoms with van der Waals surface area (Å²) < 4.78 is 0. The minimum absolute atomic E-state index is 0.0637. The van der Waals surface area contributed by atoms with Crippen LogP contribution < -0.4 is 5.32 Å². The van der Waals surface area contributed by atoms with Gasteiger partial charge in [0.1, 0.15) is 17.1 Å². The maximum atomic E-state index is 11.6. The first kappa shape index (κ1) is 12.4. The number of carbonyl (C=O) groups is 1. The van der Waals surface area contributed by atoms with Crippen molar-refractivity contribution in [3.8, 4) is 11.5 Å². The molecule has 16 heavy (non-hydrogen) atoms. The van der Waals surface area contributed by atoms with Gasteiger partial charge in [-0.05, 0) is 24.5 Å². The van der Waals surface area contributed by atoms with Gasteiger partial charge >= 0.3 is 0 Å². The summed E-state index contributed by atoms with van der Waals surface area (Å²) in [4.78, 5) is 11.6. The molecule has 1 aromatic rings. The highest BCUT2D eigenvalue weighted by molar-refractivity contribution is 5.99. The minimum atomic E-state index is -0.448. The Labute approximate surface area is 94.9 Å².